The van der Waals surface area contributed by atoms with E-state index in [0.717, 1.165) is 12.1 Å². The number of alkyl halides is 3. The van der Waals surface area contributed by atoms with Crippen LogP contribution in [0.15, 0.2) is 12.1 Å². The molecule has 0 radical (unpaired) electrons. The summed E-state index contributed by atoms with van der Waals surface area (Å²) in [7, 11) is 0. The number of aromatic hydroxyl groups is 2. The number of nitrogens with zero attached hydrogens (tertiary/aromatic N) is 2. The van der Waals surface area contributed by atoms with E-state index in [9.17, 15) is 33.5 Å². The van der Waals surface area contributed by atoms with Crippen LogP contribution < -0.4 is 5.32 Å². The number of hydrogen-bond donors (Lipinski definition) is 3. The maximum absolute atomic E-state index is 12.6. The zero-order chi connectivity index (χ0) is 17.9. The number of nitrogens with one attached hydrogen (secondary N) is 1. The summed E-state index contributed by atoms with van der Waals surface area (Å²) in [5, 5.41) is 33.3. The second kappa shape index (κ2) is 7.22. The molecule has 0 unspecified atom stereocenters. The summed E-state index contributed by atoms with van der Waals surface area (Å²) < 4.78 is 37.9. The molecule has 0 saturated carbocycles. The maximum atomic E-state index is 12.6. The number of nitro groups is 1. The number of phenolic OH excluding ortho intramolecular Hbond substituents is 2. The SMILES string of the molecule is O=[N+]([O-])c1cc([C@@H](CCC(F)(F)F)N2CCNCC2)cc(O)c1O. The van der Waals surface area contributed by atoms with Crippen LogP contribution in [0, 0.1) is 10.1 Å². The Hall–Kier alpha value is -2.07. The van der Waals surface area contributed by atoms with Gasteiger partial charge in [-0.05, 0) is 18.1 Å². The van der Waals surface area contributed by atoms with Crippen LogP contribution in [-0.2, 0) is 0 Å². The Kier molecular flexibility index (Phi) is 5.50. The topological polar surface area (TPSA) is 98.9 Å². The number of rotatable bonds is 5. The van der Waals surface area contributed by atoms with Crippen molar-refractivity contribution < 1.29 is 28.3 Å². The van der Waals surface area contributed by atoms with E-state index >= 15 is 0 Å². The van der Waals surface area contributed by atoms with Crippen LogP contribution in [0.25, 0.3) is 0 Å². The Morgan fingerprint density at radius 1 is 1.29 bits per heavy atom. The van der Waals surface area contributed by atoms with Gasteiger partial charge in [0, 0.05) is 44.7 Å². The molecular weight excluding hydrogens is 331 g/mol. The smallest absolute Gasteiger partial charge is 0.389 e. The highest BCUT2D eigenvalue weighted by Gasteiger charge is 2.32. The van der Waals surface area contributed by atoms with Crippen molar-refractivity contribution in [2.75, 3.05) is 26.2 Å². The first kappa shape index (κ1) is 18.3. The van der Waals surface area contributed by atoms with Gasteiger partial charge in [0.25, 0.3) is 0 Å². The highest BCUT2D eigenvalue weighted by Crippen LogP contribution is 2.40. The largest absolute Gasteiger partial charge is 0.504 e. The van der Waals surface area contributed by atoms with Gasteiger partial charge < -0.3 is 15.5 Å². The van der Waals surface area contributed by atoms with Crippen LogP contribution in [0.1, 0.15) is 24.4 Å². The fourth-order valence-electron chi connectivity index (χ4n) is 2.81. The molecule has 0 amide bonds. The summed E-state index contributed by atoms with van der Waals surface area (Å²) in [6.07, 6.45) is -5.68. The van der Waals surface area contributed by atoms with Crippen molar-refractivity contribution in [2.24, 2.45) is 0 Å². The molecule has 134 valence electrons. The molecule has 1 aromatic carbocycles. The number of nitro benzene ring substituents is 1. The van der Waals surface area contributed by atoms with Gasteiger partial charge in [-0.2, -0.15) is 13.2 Å². The molecule has 2 rings (SSSR count). The molecule has 1 heterocycles. The van der Waals surface area contributed by atoms with Crippen molar-refractivity contribution in [1.29, 1.82) is 0 Å². The van der Waals surface area contributed by atoms with Crippen molar-refractivity contribution in [3.63, 3.8) is 0 Å². The highest BCUT2D eigenvalue weighted by atomic mass is 19.4. The van der Waals surface area contributed by atoms with E-state index in [0.29, 0.717) is 26.2 Å². The van der Waals surface area contributed by atoms with Gasteiger partial charge in [-0.3, -0.25) is 15.0 Å². The summed E-state index contributed by atoms with van der Waals surface area (Å²) in [5.74, 6) is -1.61. The van der Waals surface area contributed by atoms with Crippen LogP contribution in [0.2, 0.25) is 0 Å². The van der Waals surface area contributed by atoms with Gasteiger partial charge in [-0.15, -0.1) is 0 Å². The number of hydrogen-bond acceptors (Lipinski definition) is 6. The minimum atomic E-state index is -4.35. The lowest BCUT2D eigenvalue weighted by Crippen LogP contribution is -2.45. The van der Waals surface area contributed by atoms with E-state index in [1.807, 2.05) is 0 Å². The van der Waals surface area contributed by atoms with Crippen molar-refractivity contribution in [1.82, 2.24) is 10.2 Å². The molecule has 3 N–H and O–H groups in total. The zero-order valence-corrected chi connectivity index (χ0v) is 12.7. The van der Waals surface area contributed by atoms with E-state index in [2.05, 4.69) is 5.32 Å². The molecule has 1 aliphatic heterocycles. The van der Waals surface area contributed by atoms with E-state index in [1.54, 1.807) is 4.90 Å². The first-order chi connectivity index (χ1) is 11.2. The minimum absolute atomic E-state index is 0.183. The predicted molar refractivity (Wildman–Crippen MR) is 78.9 cm³/mol. The van der Waals surface area contributed by atoms with E-state index in [4.69, 9.17) is 0 Å². The first-order valence-electron chi connectivity index (χ1n) is 7.41. The van der Waals surface area contributed by atoms with Crippen LogP contribution in [0.4, 0.5) is 18.9 Å². The molecule has 0 aromatic heterocycles. The van der Waals surface area contributed by atoms with Crippen molar-refractivity contribution in [3.05, 3.63) is 27.8 Å². The third-order valence-electron chi connectivity index (χ3n) is 3.97. The molecule has 1 aromatic rings. The monoisotopic (exact) mass is 349 g/mol. The standard InChI is InChI=1S/C14H18F3N3O4/c15-14(16,17)2-1-10(19-5-3-18-4-6-19)9-7-11(20(23)24)13(22)12(21)8-9/h7-8,10,18,21-22H,1-6H2/t10-/m1/s1. The summed E-state index contributed by atoms with van der Waals surface area (Å²) in [6, 6.07) is 1.38. The molecule has 10 heteroatoms. The lowest BCUT2D eigenvalue weighted by Gasteiger charge is -2.35. The molecule has 24 heavy (non-hydrogen) atoms. The van der Waals surface area contributed by atoms with Crippen molar-refractivity contribution in [3.8, 4) is 11.5 Å². The Morgan fingerprint density at radius 3 is 2.46 bits per heavy atom. The van der Waals surface area contributed by atoms with Crippen LogP contribution >= 0.6 is 0 Å². The quantitative estimate of drug-likeness (QED) is 0.429. The van der Waals surface area contributed by atoms with Gasteiger partial charge in [-0.25, -0.2) is 0 Å². The lowest BCUT2D eigenvalue weighted by molar-refractivity contribution is -0.386. The van der Waals surface area contributed by atoms with E-state index in [-0.39, 0.29) is 12.0 Å². The second-order valence-corrected chi connectivity index (χ2v) is 5.62. The number of benzene rings is 1. The van der Waals surface area contributed by atoms with Crippen LogP contribution in [0.5, 0.6) is 11.5 Å². The van der Waals surface area contributed by atoms with Gasteiger partial charge in [-0.1, -0.05) is 0 Å². The third-order valence-corrected chi connectivity index (χ3v) is 3.97. The molecule has 0 aliphatic carbocycles. The second-order valence-electron chi connectivity index (χ2n) is 5.62. The van der Waals surface area contributed by atoms with Gasteiger partial charge in [0.1, 0.15) is 0 Å². The fourth-order valence-corrected chi connectivity index (χ4v) is 2.81. The van der Waals surface area contributed by atoms with Gasteiger partial charge >= 0.3 is 11.9 Å². The predicted octanol–water partition coefficient (Wildman–Crippen LogP) is 2.29. The normalized spacial score (nSPS) is 17.6. The third kappa shape index (κ3) is 4.48. The molecule has 1 aliphatic rings. The molecule has 7 nitrogen and oxygen atoms in total. The number of piperazine rings is 1. The van der Waals surface area contributed by atoms with Crippen LogP contribution in [0.3, 0.4) is 0 Å². The Balaban J connectivity index is 2.36. The summed E-state index contributed by atoms with van der Waals surface area (Å²) in [6.45, 7) is 2.15. The van der Waals surface area contributed by atoms with Gasteiger partial charge in [0.05, 0.1) is 4.92 Å². The van der Waals surface area contributed by atoms with E-state index in [1.165, 1.54) is 0 Å². The van der Waals surface area contributed by atoms with Crippen molar-refractivity contribution in [2.45, 2.75) is 25.1 Å². The Bertz CT molecular complexity index is 604. The molecular formula is C14H18F3N3O4. The summed E-state index contributed by atoms with van der Waals surface area (Å²) >= 11 is 0. The summed E-state index contributed by atoms with van der Waals surface area (Å²) in [4.78, 5) is 11.9. The average Bonchev–Trinajstić information content (AvgIpc) is 2.50. The first-order valence-corrected chi connectivity index (χ1v) is 7.41. The zero-order valence-electron chi connectivity index (χ0n) is 12.7. The van der Waals surface area contributed by atoms with E-state index < -0.39 is 40.7 Å². The van der Waals surface area contributed by atoms with Gasteiger partial charge in [0.2, 0.25) is 5.75 Å². The lowest BCUT2D eigenvalue weighted by atomic mass is 9.98. The maximum Gasteiger partial charge on any atom is 0.389 e. The summed E-state index contributed by atoms with van der Waals surface area (Å²) in [5.41, 5.74) is -0.541. The fraction of sp³-hybridized carbons (Fsp3) is 0.571. The van der Waals surface area contributed by atoms with Crippen molar-refractivity contribution >= 4 is 5.69 Å². The molecule has 1 saturated heterocycles. The molecule has 1 fully saturated rings. The minimum Gasteiger partial charge on any atom is -0.504 e. The van der Waals surface area contributed by atoms with Crippen LogP contribution in [-0.4, -0.2) is 52.4 Å². The molecule has 0 spiro atoms. The molecule has 1 atom stereocenters. The van der Waals surface area contributed by atoms with Gasteiger partial charge in [0.15, 0.2) is 5.75 Å². The Labute approximate surface area is 135 Å². The Morgan fingerprint density at radius 2 is 1.92 bits per heavy atom. The number of halogens is 3. The average molecular weight is 349 g/mol. The molecule has 0 bridgehead atoms. The highest BCUT2D eigenvalue weighted by molar-refractivity contribution is 5.57. The number of phenols is 2.